The van der Waals surface area contributed by atoms with Crippen LogP contribution in [0.2, 0.25) is 0 Å². The number of hydrogen-bond donors (Lipinski definition) is 2. The van der Waals surface area contributed by atoms with Crippen molar-refractivity contribution in [3.63, 3.8) is 0 Å². The van der Waals surface area contributed by atoms with Gasteiger partial charge in [0.15, 0.2) is 11.6 Å². The number of thiophene rings is 1. The second-order valence-corrected chi connectivity index (χ2v) is 7.20. The molecule has 0 atom stereocenters. The number of aromatic nitrogens is 3. The van der Waals surface area contributed by atoms with E-state index in [1.807, 2.05) is 36.4 Å². The molecule has 4 heterocycles. The number of nitrogens with two attached hydrogens (primary N) is 2. The van der Waals surface area contributed by atoms with Crippen molar-refractivity contribution >= 4 is 33.1 Å². The summed E-state index contributed by atoms with van der Waals surface area (Å²) in [7, 11) is 0. The molecule has 4 N–H and O–H groups in total. The molecule has 0 aromatic carbocycles. The van der Waals surface area contributed by atoms with Gasteiger partial charge < -0.3 is 15.9 Å². The quantitative estimate of drug-likeness (QED) is 0.486. The van der Waals surface area contributed by atoms with Crippen LogP contribution in [0.1, 0.15) is 9.67 Å². The van der Waals surface area contributed by atoms with E-state index in [2.05, 4.69) is 15.0 Å². The van der Waals surface area contributed by atoms with Crippen LogP contribution in [-0.4, -0.2) is 20.9 Å². The van der Waals surface area contributed by atoms with Crippen LogP contribution in [0.3, 0.4) is 0 Å². The lowest BCUT2D eigenvalue weighted by Crippen LogP contribution is -2.08. The van der Waals surface area contributed by atoms with Crippen LogP contribution >= 0.6 is 11.3 Å². The van der Waals surface area contributed by atoms with Gasteiger partial charge in [-0.1, -0.05) is 6.07 Å². The highest BCUT2D eigenvalue weighted by molar-refractivity contribution is 7.20. The summed E-state index contributed by atoms with van der Waals surface area (Å²) in [4.78, 5) is 26.3. The van der Waals surface area contributed by atoms with E-state index in [4.69, 9.17) is 15.9 Å². The summed E-state index contributed by atoms with van der Waals surface area (Å²) < 4.78 is 6.04. The van der Waals surface area contributed by atoms with Crippen molar-refractivity contribution in [2.45, 2.75) is 0 Å². The normalized spacial score (nSPS) is 11.3. The minimum atomic E-state index is -0.510. The number of rotatable bonds is 3. The monoisotopic (exact) mass is 387 g/mol. The van der Waals surface area contributed by atoms with Crippen molar-refractivity contribution in [2.24, 2.45) is 5.73 Å². The fraction of sp³-hybridized carbons (Fsp3) is 0. The molecule has 8 heteroatoms. The van der Waals surface area contributed by atoms with Crippen molar-refractivity contribution in [1.29, 1.82) is 0 Å². The van der Waals surface area contributed by atoms with Gasteiger partial charge in [0, 0.05) is 22.8 Å². The van der Waals surface area contributed by atoms with Gasteiger partial charge in [0.2, 0.25) is 0 Å². The van der Waals surface area contributed by atoms with Gasteiger partial charge in [0.25, 0.3) is 5.91 Å². The molecule has 0 fully saturated rings. The first kappa shape index (κ1) is 16.4. The van der Waals surface area contributed by atoms with Gasteiger partial charge in [0.05, 0.1) is 4.88 Å². The number of primary amides is 1. The number of hydrogen-bond acceptors (Lipinski definition) is 7. The molecule has 3 aromatic rings. The van der Waals surface area contributed by atoms with Crippen molar-refractivity contribution in [3.05, 3.63) is 59.6 Å². The highest BCUT2D eigenvalue weighted by atomic mass is 32.1. The molecule has 1 aliphatic heterocycles. The summed E-state index contributed by atoms with van der Waals surface area (Å²) in [5, 5.41) is 0.695. The zero-order valence-electron chi connectivity index (χ0n) is 14.4. The second-order valence-electron chi connectivity index (χ2n) is 6.17. The molecule has 1 aliphatic carbocycles. The van der Waals surface area contributed by atoms with E-state index in [-0.39, 0.29) is 0 Å². The lowest BCUT2D eigenvalue weighted by molar-refractivity contribution is 0.100. The summed E-state index contributed by atoms with van der Waals surface area (Å²) in [5.41, 5.74) is 14.1. The number of fused-ring (bicyclic) bond motifs is 2. The summed E-state index contributed by atoms with van der Waals surface area (Å²) >= 11 is 1.22. The average Bonchev–Trinajstić information content (AvgIpc) is 3.31. The molecule has 7 nitrogen and oxygen atoms in total. The van der Waals surface area contributed by atoms with Gasteiger partial charge in [-0.2, -0.15) is 0 Å². The molecule has 28 heavy (non-hydrogen) atoms. The number of carbonyl (C=O) groups is 1. The Morgan fingerprint density at radius 1 is 1.04 bits per heavy atom. The van der Waals surface area contributed by atoms with Crippen LogP contribution in [0, 0.1) is 0 Å². The third-order valence-corrected chi connectivity index (χ3v) is 5.42. The summed E-state index contributed by atoms with van der Waals surface area (Å²) in [6.07, 6.45) is 1.68. The van der Waals surface area contributed by atoms with Crippen molar-refractivity contribution in [3.8, 4) is 34.3 Å². The Morgan fingerprint density at radius 3 is 2.68 bits per heavy atom. The van der Waals surface area contributed by atoms with Crippen LogP contribution in [0.5, 0.6) is 0 Å². The minimum Gasteiger partial charge on any atom is -0.454 e. The number of nitrogens with zero attached hydrogens (tertiary/aromatic N) is 3. The van der Waals surface area contributed by atoms with E-state index in [0.29, 0.717) is 49.5 Å². The number of amides is 1. The Kier molecular flexibility index (Phi) is 3.59. The zero-order valence-corrected chi connectivity index (χ0v) is 15.2. The van der Waals surface area contributed by atoms with Crippen molar-refractivity contribution in [1.82, 2.24) is 15.0 Å². The number of nitrogen functional groups attached to an aromatic ring is 1. The number of carbonyl (C=O) groups excluding carboxylic acids is 1. The summed E-state index contributed by atoms with van der Waals surface area (Å²) in [6.45, 7) is 0. The zero-order chi connectivity index (χ0) is 19.3. The highest BCUT2D eigenvalue weighted by Crippen LogP contribution is 2.37. The van der Waals surface area contributed by atoms with Crippen LogP contribution < -0.4 is 11.5 Å². The second kappa shape index (κ2) is 6.14. The molecule has 0 saturated heterocycles. The van der Waals surface area contributed by atoms with E-state index in [0.717, 1.165) is 5.56 Å². The molecule has 0 bridgehead atoms. The molecule has 0 spiro atoms. The van der Waals surface area contributed by atoms with E-state index in [1.165, 1.54) is 11.3 Å². The Balaban J connectivity index is 1.79. The first-order valence-electron chi connectivity index (χ1n) is 8.41. The Labute approximate surface area is 163 Å². The predicted molar refractivity (Wildman–Crippen MR) is 108 cm³/mol. The lowest BCUT2D eigenvalue weighted by atomic mass is 10.1. The maximum absolute atomic E-state index is 11.7. The molecule has 5 rings (SSSR count). The molecule has 0 saturated carbocycles. The maximum Gasteiger partial charge on any atom is 0.258 e. The fourth-order valence-electron chi connectivity index (χ4n) is 3.03. The van der Waals surface area contributed by atoms with Crippen LogP contribution in [0.15, 0.2) is 59.1 Å². The smallest absolute Gasteiger partial charge is 0.258 e. The maximum atomic E-state index is 11.7. The molecule has 0 radical (unpaired) electrons. The highest BCUT2D eigenvalue weighted by Gasteiger charge is 2.19. The van der Waals surface area contributed by atoms with Crippen molar-refractivity contribution in [2.75, 3.05) is 5.73 Å². The third-order valence-electron chi connectivity index (χ3n) is 4.37. The SMILES string of the molecule is NC(=O)c1cc2c(-c3ccc4c(N)ccc-4o3)nc(-c3ccccn3)nc2s1. The molecule has 2 aliphatic rings. The van der Waals surface area contributed by atoms with Crippen LogP contribution in [-0.2, 0) is 0 Å². The molecule has 1 amide bonds. The van der Waals surface area contributed by atoms with Gasteiger partial charge in [0.1, 0.15) is 22.0 Å². The van der Waals surface area contributed by atoms with Crippen LogP contribution in [0.25, 0.3) is 44.5 Å². The fourth-order valence-corrected chi connectivity index (χ4v) is 3.92. The van der Waals surface area contributed by atoms with Gasteiger partial charge in [-0.15, -0.1) is 11.3 Å². The Hall–Kier alpha value is -3.78. The minimum absolute atomic E-state index is 0.405. The molecular weight excluding hydrogens is 374 g/mol. The first-order chi connectivity index (χ1) is 13.6. The Morgan fingerprint density at radius 2 is 1.89 bits per heavy atom. The van der Waals surface area contributed by atoms with Gasteiger partial charge in [-0.25, -0.2) is 9.97 Å². The topological polar surface area (TPSA) is 121 Å². The molecule has 3 aromatic heterocycles. The van der Waals surface area contributed by atoms with Gasteiger partial charge >= 0.3 is 0 Å². The number of pyridine rings is 1. The van der Waals surface area contributed by atoms with E-state index in [1.54, 1.807) is 18.3 Å². The summed E-state index contributed by atoms with van der Waals surface area (Å²) in [5.74, 6) is 1.13. The largest absolute Gasteiger partial charge is 0.454 e. The van der Waals surface area contributed by atoms with Crippen LogP contribution in [0.4, 0.5) is 5.69 Å². The van der Waals surface area contributed by atoms with Gasteiger partial charge in [-0.3, -0.25) is 9.78 Å². The molecular formula is C20H13N5O2S. The molecule has 0 unspecified atom stereocenters. The Bertz CT molecular complexity index is 1310. The van der Waals surface area contributed by atoms with E-state index < -0.39 is 5.91 Å². The number of anilines is 1. The lowest BCUT2D eigenvalue weighted by Gasteiger charge is -2.08. The van der Waals surface area contributed by atoms with Gasteiger partial charge in [-0.05, 0) is 42.5 Å². The first-order valence-corrected chi connectivity index (χ1v) is 9.23. The third kappa shape index (κ3) is 2.58. The molecule has 136 valence electrons. The summed E-state index contributed by atoms with van der Waals surface area (Å²) in [6, 6.07) is 14.5. The standard InChI is InChI=1S/C20H13N5O2S/c21-12-5-7-14-10(12)4-6-15(27-14)17-11-9-16(18(22)26)28-20(11)25-19(24-17)13-3-1-2-8-23-13/h1-9H,21H2,(H2,22,26). The average molecular weight is 387 g/mol. The van der Waals surface area contributed by atoms with Crippen molar-refractivity contribution < 1.29 is 9.21 Å². The van der Waals surface area contributed by atoms with E-state index >= 15 is 0 Å². The predicted octanol–water partition coefficient (Wildman–Crippen LogP) is 3.80. The van der Waals surface area contributed by atoms with E-state index in [9.17, 15) is 4.79 Å².